The van der Waals surface area contributed by atoms with Crippen molar-refractivity contribution in [2.45, 2.75) is 24.4 Å². The van der Waals surface area contributed by atoms with Crippen molar-refractivity contribution >= 4 is 44.7 Å². The molecular weight excluding hydrogens is 388 g/mol. The highest BCUT2D eigenvalue weighted by atomic mass is 32.2. The highest BCUT2D eigenvalue weighted by Crippen LogP contribution is 2.34. The third-order valence-corrected chi connectivity index (χ3v) is 6.39. The summed E-state index contributed by atoms with van der Waals surface area (Å²) in [7, 11) is 0. The normalized spacial score (nSPS) is 11.3. The molecule has 0 saturated carbocycles. The average molecular weight is 403 g/mol. The summed E-state index contributed by atoms with van der Waals surface area (Å²) in [6.45, 7) is 5.91. The Morgan fingerprint density at radius 1 is 1.38 bits per heavy atom. The molecule has 0 radical (unpaired) electrons. The SMILES string of the molecule is C=CCn1c(SCc2nnc(C)o2)nc2scc(-c3cccs3)c2c1=O. The van der Waals surface area contributed by atoms with E-state index < -0.39 is 0 Å². The molecule has 4 aromatic heterocycles. The molecule has 0 fully saturated rings. The van der Waals surface area contributed by atoms with Crippen LogP contribution in [0.1, 0.15) is 11.8 Å². The molecule has 6 nitrogen and oxygen atoms in total. The standard InChI is InChI=1S/C17H14N4O2S3/c1-3-6-21-16(22)14-11(12-5-4-7-24-12)8-25-15(14)18-17(21)26-9-13-20-19-10(2)23-13/h3-5,7-8H,1,6,9H2,2H3. The molecular formula is C17H14N4O2S3. The van der Waals surface area contributed by atoms with Gasteiger partial charge in [-0.25, -0.2) is 4.98 Å². The van der Waals surface area contributed by atoms with Gasteiger partial charge in [-0.05, 0) is 11.4 Å². The Labute approximate surface area is 161 Å². The first-order valence-electron chi connectivity index (χ1n) is 7.76. The quantitative estimate of drug-likeness (QED) is 0.271. The van der Waals surface area contributed by atoms with E-state index in [1.807, 2.05) is 22.9 Å². The number of hydrogen-bond acceptors (Lipinski definition) is 8. The van der Waals surface area contributed by atoms with Gasteiger partial charge in [0.05, 0.1) is 11.1 Å². The number of fused-ring (bicyclic) bond motifs is 1. The Bertz CT molecular complexity index is 1130. The molecule has 9 heteroatoms. The zero-order valence-corrected chi connectivity index (χ0v) is 16.3. The van der Waals surface area contributed by atoms with Crippen molar-refractivity contribution in [2.24, 2.45) is 0 Å². The highest BCUT2D eigenvalue weighted by molar-refractivity contribution is 7.98. The number of thioether (sulfide) groups is 1. The largest absolute Gasteiger partial charge is 0.425 e. The van der Waals surface area contributed by atoms with Gasteiger partial charge in [0, 0.05) is 29.3 Å². The van der Waals surface area contributed by atoms with Crippen molar-refractivity contribution in [2.75, 3.05) is 0 Å². The first-order chi connectivity index (χ1) is 12.7. The fraction of sp³-hybridized carbons (Fsp3) is 0.176. The fourth-order valence-corrected chi connectivity index (χ4v) is 5.19. The van der Waals surface area contributed by atoms with Crippen molar-refractivity contribution < 1.29 is 4.42 Å². The monoisotopic (exact) mass is 402 g/mol. The fourth-order valence-electron chi connectivity index (χ4n) is 2.54. The predicted octanol–water partition coefficient (Wildman–Crippen LogP) is 4.36. The van der Waals surface area contributed by atoms with Crippen molar-refractivity contribution in [1.82, 2.24) is 19.7 Å². The van der Waals surface area contributed by atoms with Crippen LogP contribution in [0.2, 0.25) is 0 Å². The van der Waals surface area contributed by atoms with E-state index in [0.717, 1.165) is 15.3 Å². The van der Waals surface area contributed by atoms with Gasteiger partial charge in [-0.3, -0.25) is 9.36 Å². The third-order valence-electron chi connectivity index (χ3n) is 3.65. The van der Waals surface area contributed by atoms with E-state index in [9.17, 15) is 4.79 Å². The number of nitrogens with zero attached hydrogens (tertiary/aromatic N) is 4. The molecule has 0 unspecified atom stereocenters. The molecule has 26 heavy (non-hydrogen) atoms. The smallest absolute Gasteiger partial charge is 0.263 e. The summed E-state index contributed by atoms with van der Waals surface area (Å²) in [5.74, 6) is 1.49. The van der Waals surface area contributed by atoms with Gasteiger partial charge in [-0.15, -0.1) is 39.4 Å². The molecule has 0 bridgehead atoms. The van der Waals surface area contributed by atoms with E-state index in [2.05, 4.69) is 16.8 Å². The molecule has 4 rings (SSSR count). The van der Waals surface area contributed by atoms with E-state index in [4.69, 9.17) is 9.40 Å². The van der Waals surface area contributed by atoms with Gasteiger partial charge in [0.15, 0.2) is 5.16 Å². The van der Waals surface area contributed by atoms with E-state index in [-0.39, 0.29) is 5.56 Å². The lowest BCUT2D eigenvalue weighted by Gasteiger charge is -2.09. The number of thiophene rings is 2. The molecule has 0 atom stereocenters. The van der Waals surface area contributed by atoms with Crippen LogP contribution in [0.15, 0.2) is 49.9 Å². The zero-order chi connectivity index (χ0) is 18.1. The van der Waals surface area contributed by atoms with Crippen LogP contribution >= 0.6 is 34.4 Å². The van der Waals surface area contributed by atoms with E-state index in [0.29, 0.717) is 34.6 Å². The molecule has 0 aliphatic carbocycles. The van der Waals surface area contributed by atoms with Gasteiger partial charge in [0.25, 0.3) is 5.56 Å². The van der Waals surface area contributed by atoms with Crippen molar-refractivity contribution in [3.05, 3.63) is 57.7 Å². The van der Waals surface area contributed by atoms with Crippen LogP contribution in [0.3, 0.4) is 0 Å². The van der Waals surface area contributed by atoms with Crippen molar-refractivity contribution in [1.29, 1.82) is 0 Å². The van der Waals surface area contributed by atoms with Gasteiger partial charge in [-0.2, -0.15) is 0 Å². The van der Waals surface area contributed by atoms with Crippen LogP contribution in [-0.2, 0) is 12.3 Å². The number of hydrogen-bond donors (Lipinski definition) is 0. The minimum atomic E-state index is -0.0521. The van der Waals surface area contributed by atoms with Crippen LogP contribution in [0, 0.1) is 6.92 Å². The van der Waals surface area contributed by atoms with Crippen LogP contribution in [0.5, 0.6) is 0 Å². The molecule has 0 saturated heterocycles. The second-order valence-electron chi connectivity index (χ2n) is 5.41. The van der Waals surface area contributed by atoms with E-state index in [1.165, 1.54) is 23.1 Å². The molecule has 0 aliphatic heterocycles. The Morgan fingerprint density at radius 2 is 2.27 bits per heavy atom. The summed E-state index contributed by atoms with van der Waals surface area (Å²) in [5.41, 5.74) is 0.892. The topological polar surface area (TPSA) is 73.8 Å². The minimum Gasteiger partial charge on any atom is -0.425 e. The molecule has 0 spiro atoms. The molecule has 0 N–H and O–H groups in total. The number of aromatic nitrogens is 4. The Hall–Kier alpha value is -2.23. The molecule has 0 amide bonds. The zero-order valence-electron chi connectivity index (χ0n) is 13.8. The molecule has 132 valence electrons. The maximum atomic E-state index is 13.2. The van der Waals surface area contributed by atoms with Crippen molar-refractivity contribution in [3.8, 4) is 10.4 Å². The van der Waals surface area contributed by atoms with E-state index in [1.54, 1.807) is 28.9 Å². The lowest BCUT2D eigenvalue weighted by atomic mass is 10.2. The van der Waals surface area contributed by atoms with Gasteiger partial charge < -0.3 is 4.42 Å². The molecule has 0 aliphatic rings. The molecule has 4 heterocycles. The van der Waals surface area contributed by atoms with Gasteiger partial charge in [0.2, 0.25) is 11.8 Å². The maximum Gasteiger partial charge on any atom is 0.263 e. The minimum absolute atomic E-state index is 0.0521. The average Bonchev–Trinajstić information content (AvgIpc) is 3.36. The molecule has 0 aromatic carbocycles. The third kappa shape index (κ3) is 3.13. The lowest BCUT2D eigenvalue weighted by molar-refractivity contribution is 0.485. The summed E-state index contributed by atoms with van der Waals surface area (Å²) in [5, 5.41) is 13.1. The van der Waals surface area contributed by atoms with Gasteiger partial charge in [0.1, 0.15) is 4.83 Å². The summed E-state index contributed by atoms with van der Waals surface area (Å²) in [4.78, 5) is 19.7. The summed E-state index contributed by atoms with van der Waals surface area (Å²) in [6, 6.07) is 4.00. The van der Waals surface area contributed by atoms with Crippen LogP contribution in [0.25, 0.3) is 20.7 Å². The summed E-state index contributed by atoms with van der Waals surface area (Å²) in [6.07, 6.45) is 1.70. The van der Waals surface area contributed by atoms with Gasteiger partial charge in [-0.1, -0.05) is 23.9 Å². The van der Waals surface area contributed by atoms with Crippen LogP contribution < -0.4 is 5.56 Å². The first kappa shape index (κ1) is 17.2. The lowest BCUT2D eigenvalue weighted by Crippen LogP contribution is -2.22. The Morgan fingerprint density at radius 3 is 2.96 bits per heavy atom. The van der Waals surface area contributed by atoms with Crippen LogP contribution in [0.4, 0.5) is 0 Å². The molecule has 4 aromatic rings. The summed E-state index contributed by atoms with van der Waals surface area (Å²) < 4.78 is 7.05. The second kappa shape index (κ2) is 7.18. The predicted molar refractivity (Wildman–Crippen MR) is 106 cm³/mol. The number of rotatable bonds is 6. The first-order valence-corrected chi connectivity index (χ1v) is 10.5. The Balaban J connectivity index is 1.79. The van der Waals surface area contributed by atoms with Crippen molar-refractivity contribution in [3.63, 3.8) is 0 Å². The van der Waals surface area contributed by atoms with Gasteiger partial charge >= 0.3 is 0 Å². The van der Waals surface area contributed by atoms with E-state index >= 15 is 0 Å². The highest BCUT2D eigenvalue weighted by Gasteiger charge is 2.18. The number of aryl methyl sites for hydroxylation is 1. The maximum absolute atomic E-state index is 13.2. The van der Waals surface area contributed by atoms with Crippen LogP contribution in [-0.4, -0.2) is 19.7 Å². The Kier molecular flexibility index (Phi) is 4.75. The summed E-state index contributed by atoms with van der Waals surface area (Å²) >= 11 is 4.51. The second-order valence-corrected chi connectivity index (χ2v) is 8.16. The number of allylic oxidation sites excluding steroid dienone is 1.